The van der Waals surface area contributed by atoms with Gasteiger partial charge in [0, 0.05) is 40.6 Å². The average molecular weight is 570 g/mol. The molecule has 2 heterocycles. The number of ether oxygens (including phenoxy) is 4. The van der Waals surface area contributed by atoms with Crippen LogP contribution in [0, 0.1) is 6.92 Å². The van der Waals surface area contributed by atoms with Crippen molar-refractivity contribution in [2.45, 2.75) is 38.5 Å². The summed E-state index contributed by atoms with van der Waals surface area (Å²) in [6, 6.07) is 16.8. The Morgan fingerprint density at radius 3 is 2.17 bits per heavy atom. The van der Waals surface area contributed by atoms with Crippen molar-refractivity contribution in [3.63, 3.8) is 0 Å². The lowest BCUT2D eigenvalue weighted by atomic mass is 9.71. The molecule has 1 aromatic heterocycles. The van der Waals surface area contributed by atoms with Crippen LogP contribution >= 0.6 is 0 Å². The highest BCUT2D eigenvalue weighted by Crippen LogP contribution is 2.49. The number of nitrogens with one attached hydrogen (secondary N) is 2. The maximum Gasteiger partial charge on any atom is 0.255 e. The maximum atomic E-state index is 14.1. The fraction of sp³-hybridized carbons (Fsp3) is 0.303. The molecule has 3 aromatic rings. The van der Waals surface area contributed by atoms with E-state index in [1.54, 1.807) is 25.3 Å². The number of aromatic nitrogens is 1. The molecule has 0 saturated carbocycles. The van der Waals surface area contributed by atoms with Gasteiger partial charge in [0.15, 0.2) is 17.3 Å². The van der Waals surface area contributed by atoms with E-state index in [1.807, 2.05) is 50.2 Å². The van der Waals surface area contributed by atoms with Crippen molar-refractivity contribution in [3.8, 4) is 23.0 Å². The normalized spacial score (nSPS) is 18.2. The van der Waals surface area contributed by atoms with Gasteiger partial charge >= 0.3 is 0 Å². The van der Waals surface area contributed by atoms with E-state index >= 15 is 0 Å². The largest absolute Gasteiger partial charge is 0.497 e. The average Bonchev–Trinajstić information content (AvgIpc) is 2.99. The lowest BCUT2D eigenvalue weighted by molar-refractivity contribution is -0.116. The van der Waals surface area contributed by atoms with Crippen molar-refractivity contribution in [1.29, 1.82) is 0 Å². The molecule has 0 spiro atoms. The summed E-state index contributed by atoms with van der Waals surface area (Å²) in [4.78, 5) is 32.4. The number of benzene rings is 2. The van der Waals surface area contributed by atoms with Crippen molar-refractivity contribution >= 4 is 17.5 Å². The van der Waals surface area contributed by atoms with E-state index in [0.717, 1.165) is 22.7 Å². The van der Waals surface area contributed by atoms with Crippen molar-refractivity contribution in [3.05, 3.63) is 94.0 Å². The Balaban J connectivity index is 1.62. The SMILES string of the molecule is COc1ccc(C2CC(=O)C3=C(C2)NC(C)=C(C(=O)Nc2cccc(C)n2)C3c2cc(OC)c(OC)c(OC)c2)cc1. The van der Waals surface area contributed by atoms with E-state index in [4.69, 9.17) is 18.9 Å². The number of aryl methyl sites for hydroxylation is 1. The van der Waals surface area contributed by atoms with Crippen LogP contribution in [0.2, 0.25) is 0 Å². The highest BCUT2D eigenvalue weighted by atomic mass is 16.5. The molecule has 9 heteroatoms. The molecule has 0 fully saturated rings. The number of hydrogen-bond donors (Lipinski definition) is 2. The van der Waals surface area contributed by atoms with E-state index in [2.05, 4.69) is 15.6 Å². The van der Waals surface area contributed by atoms with Crippen LogP contribution in [0.4, 0.5) is 5.82 Å². The third-order valence-corrected chi connectivity index (χ3v) is 7.81. The Morgan fingerprint density at radius 1 is 0.881 bits per heavy atom. The maximum absolute atomic E-state index is 14.1. The fourth-order valence-electron chi connectivity index (χ4n) is 5.85. The fourth-order valence-corrected chi connectivity index (χ4v) is 5.85. The number of rotatable bonds is 8. The zero-order valence-electron chi connectivity index (χ0n) is 24.7. The van der Waals surface area contributed by atoms with Crippen LogP contribution in [0.15, 0.2) is 77.1 Å². The molecule has 42 heavy (non-hydrogen) atoms. The van der Waals surface area contributed by atoms with Crippen molar-refractivity contribution in [2.24, 2.45) is 0 Å². The second-order valence-corrected chi connectivity index (χ2v) is 10.4. The number of hydrogen-bond acceptors (Lipinski definition) is 8. The molecule has 0 radical (unpaired) electrons. The Hall–Kier alpha value is -4.79. The van der Waals surface area contributed by atoms with Crippen molar-refractivity contribution < 1.29 is 28.5 Å². The summed E-state index contributed by atoms with van der Waals surface area (Å²) in [6.07, 6.45) is 0.918. The van der Waals surface area contributed by atoms with E-state index in [-0.39, 0.29) is 17.6 Å². The van der Waals surface area contributed by atoms with Gasteiger partial charge in [-0.25, -0.2) is 4.98 Å². The van der Waals surface area contributed by atoms with Gasteiger partial charge in [0.25, 0.3) is 5.91 Å². The molecule has 1 aliphatic carbocycles. The molecule has 2 aromatic carbocycles. The third kappa shape index (κ3) is 5.42. The minimum absolute atomic E-state index is 0.0186. The lowest BCUT2D eigenvalue weighted by Gasteiger charge is -2.37. The zero-order chi connectivity index (χ0) is 30.0. The summed E-state index contributed by atoms with van der Waals surface area (Å²) >= 11 is 0. The first-order valence-corrected chi connectivity index (χ1v) is 13.7. The smallest absolute Gasteiger partial charge is 0.255 e. The molecule has 9 nitrogen and oxygen atoms in total. The molecule has 1 amide bonds. The van der Waals surface area contributed by atoms with Crippen LogP contribution in [0.5, 0.6) is 23.0 Å². The minimum atomic E-state index is -0.677. The molecule has 218 valence electrons. The summed E-state index contributed by atoms with van der Waals surface area (Å²) in [5.41, 5.74) is 4.94. The Labute approximate surface area is 245 Å². The van der Waals surface area contributed by atoms with Crippen LogP contribution in [-0.2, 0) is 9.59 Å². The second-order valence-electron chi connectivity index (χ2n) is 10.4. The highest BCUT2D eigenvalue weighted by molar-refractivity contribution is 6.09. The third-order valence-electron chi connectivity index (χ3n) is 7.81. The molecular formula is C33H35N3O6. The quantitative estimate of drug-likeness (QED) is 0.370. The standard InChI is InChI=1S/C33H35N3O6/c1-18-8-7-9-28(34-18)36-33(38)29-19(2)35-24-14-21(20-10-12-23(39-3)13-11-20)15-25(37)31(24)30(29)22-16-26(40-4)32(42-6)27(17-22)41-5/h7-13,16-17,21,30,35H,14-15H2,1-6H3,(H,34,36,38). The first-order chi connectivity index (χ1) is 20.3. The van der Waals surface area contributed by atoms with Gasteiger partial charge in [0.1, 0.15) is 11.6 Å². The van der Waals surface area contributed by atoms with Crippen LogP contribution in [0.3, 0.4) is 0 Å². The summed E-state index contributed by atoms with van der Waals surface area (Å²) < 4.78 is 22.1. The second kappa shape index (κ2) is 12.0. The molecule has 1 aliphatic heterocycles. The Bertz CT molecular complexity index is 1570. The number of carbonyl (C=O) groups is 2. The van der Waals surface area contributed by atoms with Crippen LogP contribution < -0.4 is 29.6 Å². The number of amides is 1. The number of anilines is 1. The lowest BCUT2D eigenvalue weighted by Crippen LogP contribution is -2.37. The highest BCUT2D eigenvalue weighted by Gasteiger charge is 2.41. The van der Waals surface area contributed by atoms with Gasteiger partial charge in [-0.1, -0.05) is 18.2 Å². The Kier molecular flexibility index (Phi) is 8.20. The van der Waals surface area contributed by atoms with Crippen LogP contribution in [0.1, 0.15) is 48.4 Å². The van der Waals surface area contributed by atoms with Crippen molar-refractivity contribution in [1.82, 2.24) is 10.3 Å². The monoisotopic (exact) mass is 569 g/mol. The predicted octanol–water partition coefficient (Wildman–Crippen LogP) is 5.42. The van der Waals surface area contributed by atoms with Crippen LogP contribution in [0.25, 0.3) is 0 Å². The molecule has 2 N–H and O–H groups in total. The number of Topliss-reactive ketones (excluding diaryl/α,β-unsaturated/α-hetero) is 1. The number of ketones is 1. The van der Waals surface area contributed by atoms with E-state index in [9.17, 15) is 9.59 Å². The number of allylic oxidation sites excluding steroid dienone is 3. The van der Waals surface area contributed by atoms with Gasteiger partial charge in [0.05, 0.1) is 28.4 Å². The van der Waals surface area contributed by atoms with Gasteiger partial charge in [-0.2, -0.15) is 0 Å². The number of pyridine rings is 1. The van der Waals surface area contributed by atoms with Gasteiger partial charge < -0.3 is 29.6 Å². The summed E-state index contributed by atoms with van der Waals surface area (Å²) in [5, 5.41) is 6.36. The van der Waals surface area contributed by atoms with E-state index < -0.39 is 5.92 Å². The minimum Gasteiger partial charge on any atom is -0.497 e. The molecule has 2 atom stereocenters. The van der Waals surface area contributed by atoms with Crippen LogP contribution in [-0.4, -0.2) is 45.1 Å². The Morgan fingerprint density at radius 2 is 1.57 bits per heavy atom. The van der Waals surface area contributed by atoms with E-state index in [0.29, 0.717) is 58.3 Å². The molecule has 0 saturated heterocycles. The van der Waals surface area contributed by atoms with Gasteiger partial charge in [-0.05, 0) is 73.7 Å². The number of carbonyl (C=O) groups excluding carboxylic acids is 2. The number of dihydropyridines is 1. The molecule has 0 bridgehead atoms. The van der Waals surface area contributed by atoms with Gasteiger partial charge in [-0.3, -0.25) is 9.59 Å². The summed E-state index contributed by atoms with van der Waals surface area (Å²) in [5.74, 6) is 1.41. The summed E-state index contributed by atoms with van der Waals surface area (Å²) in [7, 11) is 6.24. The van der Waals surface area contributed by atoms with Crippen molar-refractivity contribution in [2.75, 3.05) is 33.8 Å². The molecular weight excluding hydrogens is 534 g/mol. The topological polar surface area (TPSA) is 108 Å². The molecule has 2 aliphatic rings. The van der Waals surface area contributed by atoms with Gasteiger partial charge in [0.2, 0.25) is 5.75 Å². The number of methoxy groups -OCH3 is 4. The predicted molar refractivity (Wildman–Crippen MR) is 159 cm³/mol. The van der Waals surface area contributed by atoms with E-state index in [1.165, 1.54) is 21.3 Å². The molecule has 2 unspecified atom stereocenters. The zero-order valence-corrected chi connectivity index (χ0v) is 24.7. The summed E-state index contributed by atoms with van der Waals surface area (Å²) in [6.45, 7) is 3.72. The first-order valence-electron chi connectivity index (χ1n) is 13.7. The van der Waals surface area contributed by atoms with Gasteiger partial charge in [-0.15, -0.1) is 0 Å². The number of nitrogens with zero attached hydrogens (tertiary/aromatic N) is 1. The first kappa shape index (κ1) is 28.7. The molecule has 5 rings (SSSR count).